The number of hydrogen-bond donors (Lipinski definition) is 1. The first-order chi connectivity index (χ1) is 11.1. The van der Waals surface area contributed by atoms with Crippen molar-refractivity contribution in [2.24, 2.45) is 0 Å². The zero-order valence-corrected chi connectivity index (χ0v) is 14.7. The molecule has 0 radical (unpaired) electrons. The van der Waals surface area contributed by atoms with E-state index in [1.54, 1.807) is 6.92 Å². The van der Waals surface area contributed by atoms with Gasteiger partial charge in [0.25, 0.3) is 0 Å². The molecule has 0 saturated carbocycles. The quantitative estimate of drug-likeness (QED) is 0.752. The van der Waals surface area contributed by atoms with Crippen LogP contribution >= 0.6 is 15.9 Å². The summed E-state index contributed by atoms with van der Waals surface area (Å²) < 4.78 is 11.6. The van der Waals surface area contributed by atoms with Crippen LogP contribution in [0.4, 0.5) is 0 Å². The average Bonchev–Trinajstić information content (AvgIpc) is 2.54. The van der Waals surface area contributed by atoms with E-state index in [0.717, 1.165) is 21.3 Å². The first-order valence-corrected chi connectivity index (χ1v) is 8.34. The van der Waals surface area contributed by atoms with E-state index in [9.17, 15) is 4.79 Å². The Morgan fingerprint density at radius 2 is 1.96 bits per heavy atom. The molecule has 0 saturated heterocycles. The molecule has 4 nitrogen and oxygen atoms in total. The third-order valence-corrected chi connectivity index (χ3v) is 4.00. The Balaban J connectivity index is 1.98. The minimum Gasteiger partial charge on any atom is -0.488 e. The minimum absolute atomic E-state index is 0.145. The summed E-state index contributed by atoms with van der Waals surface area (Å²) in [6.07, 6.45) is 0.268. The summed E-state index contributed by atoms with van der Waals surface area (Å²) >= 11 is 3.52. The van der Waals surface area contributed by atoms with Gasteiger partial charge in [0.05, 0.1) is 11.1 Å². The molecule has 2 aromatic rings. The number of hydrogen-bond acceptors (Lipinski definition) is 3. The van der Waals surface area contributed by atoms with Gasteiger partial charge in [0, 0.05) is 5.56 Å². The van der Waals surface area contributed by atoms with E-state index in [1.807, 2.05) is 48.5 Å². The molecule has 0 heterocycles. The molecule has 3 N–H and O–H groups in total. The summed E-state index contributed by atoms with van der Waals surface area (Å²) in [4.78, 5) is 11.5. The second-order valence-electron chi connectivity index (χ2n) is 5.17. The van der Waals surface area contributed by atoms with Crippen LogP contribution in [-0.2, 0) is 16.1 Å². The zero-order chi connectivity index (χ0) is 16.7. The van der Waals surface area contributed by atoms with Gasteiger partial charge in [-0.05, 0) is 46.6 Å². The summed E-state index contributed by atoms with van der Waals surface area (Å²) in [5.74, 6) is 0.536. The highest BCUT2D eigenvalue weighted by molar-refractivity contribution is 9.10. The van der Waals surface area contributed by atoms with Crippen molar-refractivity contribution in [3.05, 3.63) is 64.1 Å². The molecule has 5 heteroatoms. The Bertz CT molecular complexity index is 646. The lowest BCUT2D eigenvalue weighted by Gasteiger charge is -2.12. The van der Waals surface area contributed by atoms with Gasteiger partial charge in [-0.1, -0.05) is 30.3 Å². The normalized spacial score (nSPS) is 11.8. The fraction of sp³-hybridized carbons (Fsp3) is 0.278. The standard InChI is InChI=1S/C18H20BrNO3/c1-2-22-18(21)11-16(20)14-8-9-17(15(19)10-14)23-12-13-6-4-3-5-7-13/h3-10,16H,2,11-12,20H2,1H3/p+1/t16-/m1/s1. The number of halogens is 1. The van der Waals surface area contributed by atoms with Crippen molar-refractivity contribution in [1.82, 2.24) is 0 Å². The molecule has 0 unspecified atom stereocenters. The van der Waals surface area contributed by atoms with Gasteiger partial charge in [0.2, 0.25) is 0 Å². The lowest BCUT2D eigenvalue weighted by molar-refractivity contribution is -0.425. The average molecular weight is 379 g/mol. The van der Waals surface area contributed by atoms with Gasteiger partial charge >= 0.3 is 5.97 Å². The topological polar surface area (TPSA) is 63.2 Å². The smallest absolute Gasteiger partial charge is 0.312 e. The van der Waals surface area contributed by atoms with Crippen LogP contribution in [0.2, 0.25) is 0 Å². The van der Waals surface area contributed by atoms with Crippen LogP contribution < -0.4 is 10.5 Å². The summed E-state index contributed by atoms with van der Waals surface area (Å²) in [6.45, 7) is 2.70. The van der Waals surface area contributed by atoms with E-state index in [4.69, 9.17) is 9.47 Å². The van der Waals surface area contributed by atoms with Crippen molar-refractivity contribution in [3.8, 4) is 5.75 Å². The Morgan fingerprint density at radius 1 is 1.22 bits per heavy atom. The van der Waals surface area contributed by atoms with Gasteiger partial charge in [-0.15, -0.1) is 0 Å². The van der Waals surface area contributed by atoms with Crippen LogP contribution in [0.5, 0.6) is 5.75 Å². The van der Waals surface area contributed by atoms with Gasteiger partial charge in [-0.3, -0.25) is 4.79 Å². The number of carbonyl (C=O) groups is 1. The Morgan fingerprint density at radius 3 is 2.61 bits per heavy atom. The number of rotatable bonds is 7. The van der Waals surface area contributed by atoms with Crippen LogP contribution in [0.15, 0.2) is 53.0 Å². The van der Waals surface area contributed by atoms with Crippen molar-refractivity contribution in [3.63, 3.8) is 0 Å². The second-order valence-corrected chi connectivity index (χ2v) is 6.02. The number of carbonyl (C=O) groups excluding carboxylic acids is 1. The van der Waals surface area contributed by atoms with Gasteiger partial charge in [-0.2, -0.15) is 0 Å². The SMILES string of the molecule is CCOC(=O)C[C@@H]([NH3+])c1ccc(OCc2ccccc2)c(Br)c1. The third-order valence-electron chi connectivity index (χ3n) is 3.38. The number of quaternary nitrogens is 1. The fourth-order valence-corrected chi connectivity index (χ4v) is 2.67. The zero-order valence-electron chi connectivity index (χ0n) is 13.1. The molecule has 23 heavy (non-hydrogen) atoms. The maximum atomic E-state index is 11.5. The Kier molecular flexibility index (Phi) is 6.62. The monoisotopic (exact) mass is 378 g/mol. The van der Waals surface area contributed by atoms with E-state index in [1.165, 1.54) is 0 Å². The van der Waals surface area contributed by atoms with E-state index < -0.39 is 0 Å². The van der Waals surface area contributed by atoms with Crippen LogP contribution in [0.1, 0.15) is 30.5 Å². The van der Waals surface area contributed by atoms with Crippen molar-refractivity contribution in [2.75, 3.05) is 6.61 Å². The highest BCUT2D eigenvalue weighted by Crippen LogP contribution is 2.29. The molecule has 0 bridgehead atoms. The maximum absolute atomic E-state index is 11.5. The van der Waals surface area contributed by atoms with Crippen molar-refractivity contribution in [2.45, 2.75) is 26.0 Å². The van der Waals surface area contributed by atoms with Gasteiger partial charge in [0.15, 0.2) is 0 Å². The van der Waals surface area contributed by atoms with Crippen LogP contribution in [0, 0.1) is 0 Å². The molecular weight excluding hydrogens is 358 g/mol. The highest BCUT2D eigenvalue weighted by Gasteiger charge is 2.17. The molecule has 0 amide bonds. The van der Waals surface area contributed by atoms with Crippen molar-refractivity contribution >= 4 is 21.9 Å². The molecule has 0 spiro atoms. The lowest BCUT2D eigenvalue weighted by atomic mass is 10.0. The summed E-state index contributed by atoms with van der Waals surface area (Å²) in [5.41, 5.74) is 6.11. The van der Waals surface area contributed by atoms with Gasteiger partial charge in [0.1, 0.15) is 24.8 Å². The first-order valence-electron chi connectivity index (χ1n) is 7.55. The molecule has 0 aliphatic rings. The molecule has 0 aliphatic carbocycles. The first kappa shape index (κ1) is 17.5. The number of esters is 1. The van der Waals surface area contributed by atoms with Crippen LogP contribution in [-0.4, -0.2) is 12.6 Å². The number of ether oxygens (including phenoxy) is 2. The van der Waals surface area contributed by atoms with E-state index in [-0.39, 0.29) is 18.4 Å². The fourth-order valence-electron chi connectivity index (χ4n) is 2.16. The predicted molar refractivity (Wildman–Crippen MR) is 91.8 cm³/mol. The molecule has 0 aromatic heterocycles. The van der Waals surface area contributed by atoms with Crippen molar-refractivity contribution in [1.29, 1.82) is 0 Å². The predicted octanol–water partition coefficient (Wildman–Crippen LogP) is 3.26. The number of benzene rings is 2. The molecule has 2 aromatic carbocycles. The molecule has 1 atom stereocenters. The highest BCUT2D eigenvalue weighted by atomic mass is 79.9. The van der Waals surface area contributed by atoms with E-state index >= 15 is 0 Å². The van der Waals surface area contributed by atoms with Crippen LogP contribution in [0.3, 0.4) is 0 Å². The molecule has 0 aliphatic heterocycles. The van der Waals surface area contributed by atoms with Crippen LogP contribution in [0.25, 0.3) is 0 Å². The Labute approximate surface area is 144 Å². The summed E-state index contributed by atoms with van der Waals surface area (Å²) in [7, 11) is 0. The third kappa shape index (κ3) is 5.37. The Hall–Kier alpha value is -1.85. The summed E-state index contributed by atoms with van der Waals surface area (Å²) in [5, 5.41) is 0. The minimum atomic E-state index is -0.229. The molecule has 122 valence electrons. The van der Waals surface area contributed by atoms with E-state index in [2.05, 4.69) is 21.7 Å². The molecule has 2 rings (SSSR count). The maximum Gasteiger partial charge on any atom is 0.312 e. The van der Waals surface area contributed by atoms with Crippen molar-refractivity contribution < 1.29 is 20.0 Å². The molecular formula is C18H21BrNO3+. The second kappa shape index (κ2) is 8.70. The van der Waals surface area contributed by atoms with Gasteiger partial charge in [-0.25, -0.2) is 0 Å². The van der Waals surface area contributed by atoms with E-state index in [0.29, 0.717) is 13.2 Å². The van der Waals surface area contributed by atoms with Gasteiger partial charge < -0.3 is 15.2 Å². The largest absolute Gasteiger partial charge is 0.488 e. The molecule has 0 fully saturated rings. The lowest BCUT2D eigenvalue weighted by Crippen LogP contribution is -2.54. The summed E-state index contributed by atoms with van der Waals surface area (Å²) in [6, 6.07) is 15.6.